The molecule has 2 rings (SSSR count). The van der Waals surface area contributed by atoms with Gasteiger partial charge in [0.2, 0.25) is 10.0 Å². The number of amides is 1. The standard InChI is InChI=1S/C16H17F3N2O3S2/c1-3-21(4-2)26(23,24)11-9-14(25-10-11)15(22)20-13-8-6-5-7-12(13)16(17,18)19/h5-10H,3-4H2,1-2H3,(H,20,22). The van der Waals surface area contributed by atoms with Crippen LogP contribution in [0, 0.1) is 0 Å². The predicted molar refractivity (Wildman–Crippen MR) is 93.8 cm³/mol. The molecule has 1 N–H and O–H groups in total. The lowest BCUT2D eigenvalue weighted by Crippen LogP contribution is -2.30. The van der Waals surface area contributed by atoms with Gasteiger partial charge in [-0.1, -0.05) is 26.0 Å². The summed E-state index contributed by atoms with van der Waals surface area (Å²) in [5.41, 5.74) is -1.35. The van der Waals surface area contributed by atoms with Crippen molar-refractivity contribution in [3.8, 4) is 0 Å². The van der Waals surface area contributed by atoms with E-state index in [1.54, 1.807) is 13.8 Å². The van der Waals surface area contributed by atoms with E-state index in [0.717, 1.165) is 23.5 Å². The number of rotatable bonds is 6. The van der Waals surface area contributed by atoms with E-state index in [1.165, 1.54) is 27.9 Å². The first-order valence-corrected chi connectivity index (χ1v) is 9.99. The van der Waals surface area contributed by atoms with Crippen molar-refractivity contribution in [2.45, 2.75) is 24.9 Å². The molecule has 0 unspecified atom stereocenters. The molecular weight excluding hydrogens is 389 g/mol. The summed E-state index contributed by atoms with van der Waals surface area (Å²) in [4.78, 5) is 12.2. The smallest absolute Gasteiger partial charge is 0.321 e. The third-order valence-electron chi connectivity index (χ3n) is 3.62. The molecule has 0 spiro atoms. The summed E-state index contributed by atoms with van der Waals surface area (Å²) in [7, 11) is -3.73. The zero-order chi connectivity index (χ0) is 19.5. The second kappa shape index (κ2) is 7.77. The normalized spacial score (nSPS) is 12.4. The number of halogens is 3. The SMILES string of the molecule is CCN(CC)S(=O)(=O)c1csc(C(=O)Nc2ccccc2C(F)(F)F)c1. The van der Waals surface area contributed by atoms with Crippen LogP contribution in [0.1, 0.15) is 29.1 Å². The van der Waals surface area contributed by atoms with Crippen LogP contribution >= 0.6 is 11.3 Å². The van der Waals surface area contributed by atoms with Gasteiger partial charge in [-0.15, -0.1) is 11.3 Å². The summed E-state index contributed by atoms with van der Waals surface area (Å²) in [6, 6.07) is 5.76. The highest BCUT2D eigenvalue weighted by Gasteiger charge is 2.34. The summed E-state index contributed by atoms with van der Waals surface area (Å²) >= 11 is 0.856. The zero-order valence-electron chi connectivity index (χ0n) is 14.0. The van der Waals surface area contributed by atoms with Gasteiger partial charge in [0.1, 0.15) is 0 Å². The molecule has 1 aromatic carbocycles. The third kappa shape index (κ3) is 4.25. The van der Waals surface area contributed by atoms with Gasteiger partial charge in [-0.05, 0) is 18.2 Å². The van der Waals surface area contributed by atoms with E-state index in [2.05, 4.69) is 5.32 Å². The minimum absolute atomic E-state index is 0.00714. The lowest BCUT2D eigenvalue weighted by atomic mass is 10.1. The van der Waals surface area contributed by atoms with Crippen LogP contribution in [0.25, 0.3) is 0 Å². The lowest BCUT2D eigenvalue weighted by molar-refractivity contribution is -0.136. The average Bonchev–Trinajstić information content (AvgIpc) is 3.06. The Morgan fingerprint density at radius 1 is 1.19 bits per heavy atom. The maximum absolute atomic E-state index is 13.0. The molecule has 0 fully saturated rings. The first-order chi connectivity index (χ1) is 12.1. The number of hydrogen-bond acceptors (Lipinski definition) is 4. The van der Waals surface area contributed by atoms with Gasteiger partial charge >= 0.3 is 6.18 Å². The molecule has 26 heavy (non-hydrogen) atoms. The number of carbonyl (C=O) groups is 1. The van der Waals surface area contributed by atoms with Crippen LogP contribution in [0.2, 0.25) is 0 Å². The molecule has 1 heterocycles. The van der Waals surface area contributed by atoms with Crippen molar-refractivity contribution >= 4 is 33.0 Å². The van der Waals surface area contributed by atoms with E-state index in [0.29, 0.717) is 0 Å². The number of nitrogens with one attached hydrogen (secondary N) is 1. The zero-order valence-corrected chi connectivity index (χ0v) is 15.6. The van der Waals surface area contributed by atoms with Crippen molar-refractivity contribution in [2.75, 3.05) is 18.4 Å². The molecule has 1 aromatic heterocycles. The van der Waals surface area contributed by atoms with E-state index < -0.39 is 27.7 Å². The molecular formula is C16H17F3N2O3S2. The van der Waals surface area contributed by atoms with Crippen molar-refractivity contribution in [3.63, 3.8) is 0 Å². The number of anilines is 1. The van der Waals surface area contributed by atoms with Gasteiger partial charge in [0, 0.05) is 18.5 Å². The van der Waals surface area contributed by atoms with Crippen LogP contribution in [-0.4, -0.2) is 31.7 Å². The predicted octanol–water partition coefficient (Wildman–Crippen LogP) is 4.05. The Balaban J connectivity index is 2.28. The van der Waals surface area contributed by atoms with E-state index >= 15 is 0 Å². The molecule has 1 amide bonds. The van der Waals surface area contributed by atoms with Crippen LogP contribution in [0.3, 0.4) is 0 Å². The highest BCUT2D eigenvalue weighted by atomic mass is 32.2. The maximum Gasteiger partial charge on any atom is 0.418 e. The number of para-hydroxylation sites is 1. The number of alkyl halides is 3. The first-order valence-electron chi connectivity index (χ1n) is 7.67. The van der Waals surface area contributed by atoms with Crippen molar-refractivity contribution < 1.29 is 26.4 Å². The number of thiophene rings is 1. The van der Waals surface area contributed by atoms with Crippen LogP contribution in [0.15, 0.2) is 40.6 Å². The fraction of sp³-hybridized carbons (Fsp3) is 0.312. The monoisotopic (exact) mass is 406 g/mol. The Kier molecular flexibility index (Phi) is 6.09. The van der Waals surface area contributed by atoms with E-state index in [4.69, 9.17) is 0 Å². The number of carbonyl (C=O) groups excluding carboxylic acids is 1. The fourth-order valence-corrected chi connectivity index (χ4v) is 4.92. The minimum atomic E-state index is -4.61. The second-order valence-corrected chi connectivity index (χ2v) is 8.08. The van der Waals surface area contributed by atoms with Crippen LogP contribution in [0.4, 0.5) is 18.9 Å². The van der Waals surface area contributed by atoms with Gasteiger partial charge in [-0.2, -0.15) is 17.5 Å². The van der Waals surface area contributed by atoms with Gasteiger partial charge in [-0.25, -0.2) is 8.42 Å². The Hall–Kier alpha value is -1.91. The summed E-state index contributed by atoms with van der Waals surface area (Å²) in [6.07, 6.45) is -4.61. The molecule has 0 aliphatic rings. The van der Waals surface area contributed by atoms with E-state index in [-0.39, 0.29) is 28.5 Å². The molecule has 0 aliphatic heterocycles. The highest BCUT2D eigenvalue weighted by molar-refractivity contribution is 7.89. The summed E-state index contributed by atoms with van der Waals surface area (Å²) in [5.74, 6) is -0.798. The summed E-state index contributed by atoms with van der Waals surface area (Å²) < 4.78 is 65.1. The van der Waals surface area contributed by atoms with Crippen molar-refractivity contribution in [2.24, 2.45) is 0 Å². The van der Waals surface area contributed by atoms with Crippen LogP contribution < -0.4 is 5.32 Å². The Bertz CT molecular complexity index is 888. The van der Waals surface area contributed by atoms with Crippen LogP contribution in [0.5, 0.6) is 0 Å². The molecule has 0 aliphatic carbocycles. The lowest BCUT2D eigenvalue weighted by Gasteiger charge is -2.17. The highest BCUT2D eigenvalue weighted by Crippen LogP contribution is 2.35. The van der Waals surface area contributed by atoms with Crippen molar-refractivity contribution in [1.82, 2.24) is 4.31 Å². The number of hydrogen-bond donors (Lipinski definition) is 1. The molecule has 0 atom stereocenters. The van der Waals surface area contributed by atoms with E-state index in [9.17, 15) is 26.4 Å². The molecule has 5 nitrogen and oxygen atoms in total. The number of nitrogens with zero attached hydrogens (tertiary/aromatic N) is 1. The van der Waals surface area contributed by atoms with Gasteiger partial charge in [-0.3, -0.25) is 4.79 Å². The fourth-order valence-electron chi connectivity index (χ4n) is 2.31. The average molecular weight is 406 g/mol. The summed E-state index contributed by atoms with van der Waals surface area (Å²) in [5, 5.41) is 3.50. The molecule has 0 bridgehead atoms. The van der Waals surface area contributed by atoms with E-state index in [1.807, 2.05) is 0 Å². The minimum Gasteiger partial charge on any atom is -0.321 e. The van der Waals surface area contributed by atoms with Gasteiger partial charge in [0.05, 0.1) is 21.0 Å². The molecule has 0 saturated carbocycles. The Morgan fingerprint density at radius 2 is 1.81 bits per heavy atom. The first kappa shape index (κ1) is 20.4. The second-order valence-electron chi connectivity index (χ2n) is 5.23. The molecule has 10 heteroatoms. The molecule has 0 saturated heterocycles. The molecule has 142 valence electrons. The van der Waals surface area contributed by atoms with Gasteiger partial charge in [0.25, 0.3) is 5.91 Å². The van der Waals surface area contributed by atoms with Gasteiger partial charge < -0.3 is 5.32 Å². The quantitative estimate of drug-likeness (QED) is 0.787. The van der Waals surface area contributed by atoms with Crippen molar-refractivity contribution in [3.05, 3.63) is 46.2 Å². The number of sulfonamides is 1. The number of benzene rings is 1. The molecule has 2 aromatic rings. The molecule has 0 radical (unpaired) electrons. The Labute approximate surface area is 153 Å². The van der Waals surface area contributed by atoms with Crippen LogP contribution in [-0.2, 0) is 16.2 Å². The van der Waals surface area contributed by atoms with Gasteiger partial charge in [0.15, 0.2) is 0 Å². The van der Waals surface area contributed by atoms with Crippen molar-refractivity contribution in [1.29, 1.82) is 0 Å². The maximum atomic E-state index is 13.0. The third-order valence-corrected chi connectivity index (χ3v) is 6.73. The topological polar surface area (TPSA) is 66.5 Å². The summed E-state index contributed by atoms with van der Waals surface area (Å²) in [6.45, 7) is 3.93. The largest absolute Gasteiger partial charge is 0.418 e. The Morgan fingerprint density at radius 3 is 2.38 bits per heavy atom.